The van der Waals surface area contributed by atoms with E-state index in [1.54, 1.807) is 39.2 Å². The highest BCUT2D eigenvalue weighted by Gasteiger charge is 2.14. The Morgan fingerprint density at radius 2 is 1.55 bits per heavy atom. The molecule has 0 aliphatic carbocycles. The molecule has 0 amide bonds. The van der Waals surface area contributed by atoms with Gasteiger partial charge in [-0.25, -0.2) is 9.50 Å². The number of anilines is 1. The van der Waals surface area contributed by atoms with Gasteiger partial charge in [0, 0.05) is 12.1 Å². The molecule has 8 nitrogen and oxygen atoms in total. The maximum absolute atomic E-state index is 5.50. The van der Waals surface area contributed by atoms with E-state index in [4.69, 9.17) is 24.0 Å². The lowest BCUT2D eigenvalue weighted by Gasteiger charge is -2.14. The van der Waals surface area contributed by atoms with Gasteiger partial charge < -0.3 is 24.3 Å². The van der Waals surface area contributed by atoms with Gasteiger partial charge in [-0.05, 0) is 42.0 Å². The topological polar surface area (TPSA) is 79.1 Å². The molecule has 0 spiro atoms. The van der Waals surface area contributed by atoms with E-state index in [1.165, 1.54) is 0 Å². The number of benzene rings is 2. The SMILES string of the molecule is COc1ccccc1-c1cnc2ccc(NCc3cc(OC)c(OC)c(OC)c3)nn12. The van der Waals surface area contributed by atoms with Crippen molar-refractivity contribution in [2.24, 2.45) is 0 Å². The van der Waals surface area contributed by atoms with E-state index in [-0.39, 0.29) is 0 Å². The summed E-state index contributed by atoms with van der Waals surface area (Å²) >= 11 is 0. The van der Waals surface area contributed by atoms with E-state index >= 15 is 0 Å². The molecule has 8 heteroatoms. The lowest BCUT2D eigenvalue weighted by Crippen LogP contribution is -2.06. The summed E-state index contributed by atoms with van der Waals surface area (Å²) < 4.78 is 23.5. The molecule has 4 rings (SSSR count). The molecule has 2 aromatic carbocycles. The fraction of sp³-hybridized carbons (Fsp3) is 0.217. The Labute approximate surface area is 180 Å². The summed E-state index contributed by atoms with van der Waals surface area (Å²) in [7, 11) is 6.44. The summed E-state index contributed by atoms with van der Waals surface area (Å²) in [5.74, 6) is 3.25. The zero-order valence-electron chi connectivity index (χ0n) is 17.9. The van der Waals surface area contributed by atoms with Crippen molar-refractivity contribution >= 4 is 11.5 Å². The van der Waals surface area contributed by atoms with E-state index in [2.05, 4.69) is 10.3 Å². The molecule has 0 aliphatic heterocycles. The molecule has 0 bridgehead atoms. The normalized spacial score (nSPS) is 10.7. The average Bonchev–Trinajstić information content (AvgIpc) is 3.24. The van der Waals surface area contributed by atoms with Crippen molar-refractivity contribution in [3.05, 3.63) is 60.3 Å². The van der Waals surface area contributed by atoms with Gasteiger partial charge in [0.1, 0.15) is 11.6 Å². The molecule has 0 saturated heterocycles. The summed E-state index contributed by atoms with van der Waals surface area (Å²) in [4.78, 5) is 4.46. The standard InChI is InChI=1S/C23H24N4O4/c1-28-18-8-6-5-7-16(18)17-14-25-22-10-9-21(26-27(17)22)24-13-15-11-19(29-2)23(31-4)20(12-15)30-3/h5-12,14H,13H2,1-4H3,(H,24,26). The third kappa shape index (κ3) is 3.92. The van der Waals surface area contributed by atoms with Gasteiger partial charge >= 0.3 is 0 Å². The Morgan fingerprint density at radius 3 is 2.23 bits per heavy atom. The number of nitrogens with zero attached hydrogens (tertiary/aromatic N) is 3. The fourth-order valence-corrected chi connectivity index (χ4v) is 3.44. The van der Waals surface area contributed by atoms with Crippen LogP contribution >= 0.6 is 0 Å². The summed E-state index contributed by atoms with van der Waals surface area (Å²) in [5, 5.41) is 8.07. The highest BCUT2D eigenvalue weighted by atomic mass is 16.5. The van der Waals surface area contributed by atoms with E-state index in [0.29, 0.717) is 29.6 Å². The van der Waals surface area contributed by atoms with Gasteiger partial charge in [0.15, 0.2) is 17.1 Å². The number of imidazole rings is 1. The van der Waals surface area contributed by atoms with Crippen molar-refractivity contribution < 1.29 is 18.9 Å². The molecule has 2 heterocycles. The minimum absolute atomic E-state index is 0.522. The van der Waals surface area contributed by atoms with Gasteiger partial charge in [-0.15, -0.1) is 5.10 Å². The van der Waals surface area contributed by atoms with Crippen LogP contribution in [0.25, 0.3) is 16.9 Å². The Bertz CT molecular complexity index is 1180. The third-order valence-corrected chi connectivity index (χ3v) is 4.94. The first kappa shape index (κ1) is 20.3. The number of hydrogen-bond donors (Lipinski definition) is 1. The molecule has 1 N–H and O–H groups in total. The maximum atomic E-state index is 5.50. The number of para-hydroxylation sites is 1. The summed E-state index contributed by atoms with van der Waals surface area (Å²) in [5.41, 5.74) is 3.49. The zero-order valence-corrected chi connectivity index (χ0v) is 17.9. The number of nitrogens with one attached hydrogen (secondary N) is 1. The number of hydrogen-bond acceptors (Lipinski definition) is 7. The minimum Gasteiger partial charge on any atom is -0.496 e. The first-order valence-electron chi connectivity index (χ1n) is 9.69. The fourth-order valence-electron chi connectivity index (χ4n) is 3.44. The Morgan fingerprint density at radius 1 is 0.839 bits per heavy atom. The second kappa shape index (κ2) is 8.83. The van der Waals surface area contributed by atoms with Crippen LogP contribution in [0.15, 0.2) is 54.7 Å². The Hall–Kier alpha value is -3.94. The van der Waals surface area contributed by atoms with Crippen molar-refractivity contribution in [2.75, 3.05) is 33.8 Å². The monoisotopic (exact) mass is 420 g/mol. The van der Waals surface area contributed by atoms with Crippen molar-refractivity contribution in [2.45, 2.75) is 6.54 Å². The van der Waals surface area contributed by atoms with Crippen LogP contribution in [0.5, 0.6) is 23.0 Å². The molecule has 0 atom stereocenters. The molecule has 31 heavy (non-hydrogen) atoms. The molecular weight excluding hydrogens is 396 g/mol. The zero-order chi connectivity index (χ0) is 21.8. The molecule has 0 fully saturated rings. The molecular formula is C23H24N4O4. The van der Waals surface area contributed by atoms with Crippen molar-refractivity contribution in [3.63, 3.8) is 0 Å². The highest BCUT2D eigenvalue weighted by Crippen LogP contribution is 2.38. The largest absolute Gasteiger partial charge is 0.496 e. The lowest BCUT2D eigenvalue weighted by molar-refractivity contribution is 0.324. The van der Waals surface area contributed by atoms with Gasteiger partial charge in [0.25, 0.3) is 0 Å². The summed E-state index contributed by atoms with van der Waals surface area (Å²) in [6, 6.07) is 15.4. The van der Waals surface area contributed by atoms with Gasteiger partial charge in [0.2, 0.25) is 5.75 Å². The number of rotatable bonds is 8. The third-order valence-electron chi connectivity index (χ3n) is 4.94. The second-order valence-electron chi connectivity index (χ2n) is 6.72. The predicted molar refractivity (Wildman–Crippen MR) is 118 cm³/mol. The van der Waals surface area contributed by atoms with Gasteiger partial charge in [-0.2, -0.15) is 0 Å². The van der Waals surface area contributed by atoms with Gasteiger partial charge in [-0.1, -0.05) is 12.1 Å². The molecule has 0 aliphatic rings. The van der Waals surface area contributed by atoms with E-state index in [1.807, 2.05) is 48.5 Å². The number of aromatic nitrogens is 3. The highest BCUT2D eigenvalue weighted by molar-refractivity contribution is 5.69. The smallest absolute Gasteiger partial charge is 0.203 e. The maximum Gasteiger partial charge on any atom is 0.203 e. The first-order chi connectivity index (χ1) is 15.2. The van der Waals surface area contributed by atoms with Crippen LogP contribution < -0.4 is 24.3 Å². The quantitative estimate of drug-likeness (QED) is 0.461. The summed E-state index contributed by atoms with van der Waals surface area (Å²) in [6.07, 6.45) is 1.79. The van der Waals surface area contributed by atoms with Crippen LogP contribution in [0, 0.1) is 0 Å². The molecule has 160 valence electrons. The average molecular weight is 420 g/mol. The van der Waals surface area contributed by atoms with Crippen molar-refractivity contribution in [1.82, 2.24) is 14.6 Å². The van der Waals surface area contributed by atoms with Gasteiger partial charge in [0.05, 0.1) is 40.3 Å². The van der Waals surface area contributed by atoms with Crippen LogP contribution in [0.1, 0.15) is 5.56 Å². The number of fused-ring (bicyclic) bond motifs is 1. The molecule has 0 radical (unpaired) electrons. The lowest BCUT2D eigenvalue weighted by atomic mass is 10.1. The van der Waals surface area contributed by atoms with Crippen LogP contribution in [0.3, 0.4) is 0 Å². The van der Waals surface area contributed by atoms with Crippen molar-refractivity contribution in [3.8, 4) is 34.3 Å². The Kier molecular flexibility index (Phi) is 5.79. The van der Waals surface area contributed by atoms with Crippen LogP contribution in [-0.4, -0.2) is 43.0 Å². The van der Waals surface area contributed by atoms with Crippen LogP contribution in [-0.2, 0) is 6.54 Å². The second-order valence-corrected chi connectivity index (χ2v) is 6.72. The van der Waals surface area contributed by atoms with E-state index < -0.39 is 0 Å². The minimum atomic E-state index is 0.522. The molecule has 2 aromatic heterocycles. The van der Waals surface area contributed by atoms with E-state index in [9.17, 15) is 0 Å². The van der Waals surface area contributed by atoms with Crippen molar-refractivity contribution in [1.29, 1.82) is 0 Å². The molecule has 0 saturated carbocycles. The Balaban J connectivity index is 1.63. The number of methoxy groups -OCH3 is 4. The molecule has 4 aromatic rings. The molecule has 0 unspecified atom stereocenters. The van der Waals surface area contributed by atoms with E-state index in [0.717, 1.165) is 28.2 Å². The van der Waals surface area contributed by atoms with Gasteiger partial charge in [-0.3, -0.25) is 0 Å². The first-order valence-corrected chi connectivity index (χ1v) is 9.69. The summed E-state index contributed by atoms with van der Waals surface area (Å²) in [6.45, 7) is 0.522. The predicted octanol–water partition coefficient (Wildman–Crippen LogP) is 4.04. The van der Waals surface area contributed by atoms with Crippen LogP contribution in [0.2, 0.25) is 0 Å². The number of ether oxygens (including phenoxy) is 4. The van der Waals surface area contributed by atoms with Crippen LogP contribution in [0.4, 0.5) is 5.82 Å².